The molecule has 0 aliphatic carbocycles. The molecule has 0 saturated carbocycles. The van der Waals surface area contributed by atoms with Gasteiger partial charge in [0.2, 0.25) is 10.0 Å². The maximum Gasteiger partial charge on any atom is 0.211 e. The van der Waals surface area contributed by atoms with Crippen molar-refractivity contribution in [3.8, 4) is 0 Å². The number of hydrogen-bond acceptors (Lipinski definition) is 4. The molecular formula is C12H26N2O3S. The van der Waals surface area contributed by atoms with Crippen molar-refractivity contribution in [2.24, 2.45) is 5.92 Å². The molecule has 1 fully saturated rings. The molecule has 18 heavy (non-hydrogen) atoms. The van der Waals surface area contributed by atoms with Gasteiger partial charge in [0, 0.05) is 19.8 Å². The van der Waals surface area contributed by atoms with Crippen molar-refractivity contribution >= 4 is 10.0 Å². The average molecular weight is 278 g/mol. The van der Waals surface area contributed by atoms with Crippen LogP contribution in [0.2, 0.25) is 0 Å². The number of methoxy groups -OCH3 is 1. The summed E-state index contributed by atoms with van der Waals surface area (Å²) in [6, 6.07) is -0.0528. The molecule has 0 amide bonds. The molecule has 1 heterocycles. The van der Waals surface area contributed by atoms with Gasteiger partial charge in [-0.2, -0.15) is 0 Å². The van der Waals surface area contributed by atoms with E-state index < -0.39 is 10.0 Å². The van der Waals surface area contributed by atoms with E-state index >= 15 is 0 Å². The minimum atomic E-state index is -3.14. The second-order valence-electron chi connectivity index (χ2n) is 5.10. The van der Waals surface area contributed by atoms with Crippen LogP contribution in [-0.2, 0) is 14.8 Å². The Hall–Kier alpha value is -0.170. The van der Waals surface area contributed by atoms with E-state index in [-0.39, 0.29) is 11.8 Å². The number of sulfonamides is 1. The van der Waals surface area contributed by atoms with Crippen molar-refractivity contribution in [1.29, 1.82) is 0 Å². The SMILES string of the molecule is COCCC(C)NS(=O)(=O)CCC1CCNCC1. The van der Waals surface area contributed by atoms with Crippen molar-refractivity contribution in [2.75, 3.05) is 32.6 Å². The van der Waals surface area contributed by atoms with Crippen LogP contribution in [-0.4, -0.2) is 47.0 Å². The van der Waals surface area contributed by atoms with E-state index in [1.54, 1.807) is 7.11 Å². The summed E-state index contributed by atoms with van der Waals surface area (Å²) in [6.45, 7) is 4.49. The third-order valence-electron chi connectivity index (χ3n) is 3.39. The summed E-state index contributed by atoms with van der Waals surface area (Å²) >= 11 is 0. The highest BCUT2D eigenvalue weighted by Crippen LogP contribution is 2.16. The first-order valence-electron chi connectivity index (χ1n) is 6.73. The molecule has 0 aromatic carbocycles. The van der Waals surface area contributed by atoms with E-state index in [9.17, 15) is 8.42 Å². The second-order valence-corrected chi connectivity index (χ2v) is 6.97. The molecule has 1 rings (SSSR count). The van der Waals surface area contributed by atoms with Crippen LogP contribution < -0.4 is 10.0 Å². The quantitative estimate of drug-likeness (QED) is 0.686. The predicted molar refractivity (Wildman–Crippen MR) is 73.1 cm³/mol. The summed E-state index contributed by atoms with van der Waals surface area (Å²) in [4.78, 5) is 0. The normalized spacial score (nSPS) is 19.9. The Bertz CT molecular complexity index is 313. The van der Waals surface area contributed by atoms with Crippen molar-refractivity contribution in [1.82, 2.24) is 10.0 Å². The van der Waals surface area contributed by atoms with E-state index in [1.807, 2.05) is 6.92 Å². The Morgan fingerprint density at radius 2 is 2.06 bits per heavy atom. The van der Waals surface area contributed by atoms with Crippen molar-refractivity contribution in [3.05, 3.63) is 0 Å². The number of nitrogens with one attached hydrogen (secondary N) is 2. The number of hydrogen-bond donors (Lipinski definition) is 2. The van der Waals surface area contributed by atoms with Gasteiger partial charge in [0.05, 0.1) is 5.75 Å². The monoisotopic (exact) mass is 278 g/mol. The zero-order valence-corrected chi connectivity index (χ0v) is 12.3. The van der Waals surface area contributed by atoms with Crippen LogP contribution in [0.1, 0.15) is 32.6 Å². The molecule has 1 saturated heterocycles. The van der Waals surface area contributed by atoms with Gasteiger partial charge >= 0.3 is 0 Å². The summed E-state index contributed by atoms with van der Waals surface area (Å²) in [5.74, 6) is 0.798. The van der Waals surface area contributed by atoms with E-state index in [0.29, 0.717) is 18.9 Å². The Morgan fingerprint density at radius 1 is 1.39 bits per heavy atom. The largest absolute Gasteiger partial charge is 0.385 e. The third-order valence-corrected chi connectivity index (χ3v) is 4.92. The minimum absolute atomic E-state index is 0.0528. The molecule has 0 aromatic heterocycles. The first kappa shape index (κ1) is 15.9. The van der Waals surface area contributed by atoms with Gasteiger partial charge in [-0.15, -0.1) is 0 Å². The van der Waals surface area contributed by atoms with Gasteiger partial charge in [-0.25, -0.2) is 13.1 Å². The van der Waals surface area contributed by atoms with Crippen molar-refractivity contribution in [3.63, 3.8) is 0 Å². The summed E-state index contributed by atoms with van der Waals surface area (Å²) in [5, 5.41) is 3.29. The first-order valence-corrected chi connectivity index (χ1v) is 8.38. The van der Waals surface area contributed by atoms with E-state index in [4.69, 9.17) is 4.74 Å². The van der Waals surface area contributed by atoms with Gasteiger partial charge in [-0.05, 0) is 51.6 Å². The second kappa shape index (κ2) is 8.09. The van der Waals surface area contributed by atoms with Crippen LogP contribution in [0.15, 0.2) is 0 Å². The van der Waals surface area contributed by atoms with Gasteiger partial charge in [0.15, 0.2) is 0 Å². The lowest BCUT2D eigenvalue weighted by molar-refractivity contribution is 0.188. The van der Waals surface area contributed by atoms with E-state index in [1.165, 1.54) is 0 Å². The molecular weight excluding hydrogens is 252 g/mol. The van der Waals surface area contributed by atoms with Crippen LogP contribution in [0.3, 0.4) is 0 Å². The topological polar surface area (TPSA) is 67.4 Å². The Morgan fingerprint density at radius 3 is 2.67 bits per heavy atom. The number of ether oxygens (including phenoxy) is 1. The van der Waals surface area contributed by atoms with Crippen LogP contribution in [0.25, 0.3) is 0 Å². The molecule has 5 nitrogen and oxygen atoms in total. The molecule has 1 unspecified atom stereocenters. The van der Waals surface area contributed by atoms with Gasteiger partial charge < -0.3 is 10.1 Å². The lowest BCUT2D eigenvalue weighted by atomic mass is 9.96. The lowest BCUT2D eigenvalue weighted by Gasteiger charge is -2.22. The maximum atomic E-state index is 11.9. The third kappa shape index (κ3) is 6.68. The summed E-state index contributed by atoms with van der Waals surface area (Å²) < 4.78 is 31.4. The highest BCUT2D eigenvalue weighted by molar-refractivity contribution is 7.89. The van der Waals surface area contributed by atoms with Crippen molar-refractivity contribution in [2.45, 2.75) is 38.6 Å². The highest BCUT2D eigenvalue weighted by atomic mass is 32.2. The standard InChI is InChI=1S/C12H26N2O3S/c1-11(5-9-17-2)14-18(15,16)10-6-12-3-7-13-8-4-12/h11-14H,3-10H2,1-2H3. The Labute approximate surface area is 111 Å². The maximum absolute atomic E-state index is 11.9. The van der Waals surface area contributed by atoms with Gasteiger partial charge in [0.1, 0.15) is 0 Å². The van der Waals surface area contributed by atoms with Crippen LogP contribution >= 0.6 is 0 Å². The lowest BCUT2D eigenvalue weighted by Crippen LogP contribution is -2.36. The number of piperidine rings is 1. The fourth-order valence-electron chi connectivity index (χ4n) is 2.21. The average Bonchev–Trinajstić information content (AvgIpc) is 2.35. The fourth-order valence-corrected chi connectivity index (χ4v) is 3.70. The van der Waals surface area contributed by atoms with E-state index in [0.717, 1.165) is 32.4 Å². The Kier molecular flexibility index (Phi) is 7.14. The number of rotatable bonds is 8. The summed E-state index contributed by atoms with van der Waals surface area (Å²) in [6.07, 6.45) is 3.67. The summed E-state index contributed by atoms with van der Waals surface area (Å²) in [7, 11) is -1.51. The van der Waals surface area contributed by atoms with E-state index in [2.05, 4.69) is 10.0 Å². The zero-order valence-electron chi connectivity index (χ0n) is 11.4. The molecule has 108 valence electrons. The first-order chi connectivity index (χ1) is 8.53. The molecule has 6 heteroatoms. The Balaban J connectivity index is 2.25. The molecule has 0 radical (unpaired) electrons. The minimum Gasteiger partial charge on any atom is -0.385 e. The zero-order chi connectivity index (χ0) is 13.4. The van der Waals surface area contributed by atoms with Gasteiger partial charge in [-0.1, -0.05) is 0 Å². The molecule has 0 spiro atoms. The molecule has 1 aliphatic heterocycles. The molecule has 1 aliphatic rings. The van der Waals surface area contributed by atoms with Crippen LogP contribution in [0.5, 0.6) is 0 Å². The van der Waals surface area contributed by atoms with Crippen LogP contribution in [0.4, 0.5) is 0 Å². The summed E-state index contributed by atoms with van der Waals surface area (Å²) in [5.41, 5.74) is 0. The fraction of sp³-hybridized carbons (Fsp3) is 1.00. The van der Waals surface area contributed by atoms with Gasteiger partial charge in [-0.3, -0.25) is 0 Å². The molecule has 0 aromatic rings. The highest BCUT2D eigenvalue weighted by Gasteiger charge is 2.19. The van der Waals surface area contributed by atoms with Crippen molar-refractivity contribution < 1.29 is 13.2 Å². The van der Waals surface area contributed by atoms with Gasteiger partial charge in [0.25, 0.3) is 0 Å². The molecule has 0 bridgehead atoms. The molecule has 1 atom stereocenters. The van der Waals surface area contributed by atoms with Crippen LogP contribution in [0, 0.1) is 5.92 Å². The molecule has 2 N–H and O–H groups in total. The smallest absolute Gasteiger partial charge is 0.211 e. The predicted octanol–water partition coefficient (Wildman–Crippen LogP) is 0.721.